The zero-order chi connectivity index (χ0) is 13.7. The molecule has 0 bridgehead atoms. The normalized spacial score (nSPS) is 12.4. The van der Waals surface area contributed by atoms with Gasteiger partial charge in [-0.15, -0.1) is 0 Å². The van der Waals surface area contributed by atoms with E-state index in [2.05, 4.69) is 77.6 Å². The van der Waals surface area contributed by atoms with Crippen molar-refractivity contribution in [3.63, 3.8) is 0 Å². The fourth-order valence-corrected chi connectivity index (χ4v) is 2.90. The van der Waals surface area contributed by atoms with Crippen molar-refractivity contribution < 1.29 is 0 Å². The third kappa shape index (κ3) is 3.68. The summed E-state index contributed by atoms with van der Waals surface area (Å²) in [6, 6.07) is 17.4. The quantitative estimate of drug-likeness (QED) is 0.830. The van der Waals surface area contributed by atoms with Crippen molar-refractivity contribution in [2.75, 3.05) is 0 Å². The summed E-state index contributed by atoms with van der Waals surface area (Å²) in [4.78, 5) is 0. The van der Waals surface area contributed by atoms with Crippen LogP contribution in [0.25, 0.3) is 0 Å². The minimum Gasteiger partial charge on any atom is -0.306 e. The molecule has 0 heterocycles. The molecule has 2 heteroatoms. The molecule has 0 aliphatic carbocycles. The highest BCUT2D eigenvalue weighted by molar-refractivity contribution is 9.10. The molecular weight excluding hydrogens is 298 g/mol. The van der Waals surface area contributed by atoms with Gasteiger partial charge in [-0.05, 0) is 36.1 Å². The number of hydrogen-bond donors (Lipinski definition) is 1. The minimum absolute atomic E-state index is 0.334. The molecule has 2 rings (SSSR count). The van der Waals surface area contributed by atoms with Crippen LogP contribution in [0, 0.1) is 0 Å². The first kappa shape index (κ1) is 14.3. The molecule has 0 fully saturated rings. The molecule has 0 radical (unpaired) electrons. The number of benzene rings is 2. The average Bonchev–Trinajstić information content (AvgIpc) is 2.45. The van der Waals surface area contributed by atoms with Crippen molar-refractivity contribution in [1.82, 2.24) is 5.32 Å². The second-order valence-electron chi connectivity index (χ2n) is 4.75. The van der Waals surface area contributed by atoms with Crippen molar-refractivity contribution >= 4 is 15.9 Å². The maximum atomic E-state index is 3.61. The van der Waals surface area contributed by atoms with E-state index in [9.17, 15) is 0 Å². The fourth-order valence-electron chi connectivity index (χ4n) is 2.27. The molecule has 0 saturated heterocycles. The van der Waals surface area contributed by atoms with Crippen LogP contribution in [0.15, 0.2) is 53.0 Å². The molecule has 2 aromatic carbocycles. The van der Waals surface area contributed by atoms with Gasteiger partial charge in [-0.1, -0.05) is 65.3 Å². The minimum atomic E-state index is 0.334. The molecule has 1 nitrogen and oxygen atoms in total. The van der Waals surface area contributed by atoms with Gasteiger partial charge in [0.05, 0.1) is 0 Å². The molecule has 19 heavy (non-hydrogen) atoms. The van der Waals surface area contributed by atoms with Gasteiger partial charge in [-0.2, -0.15) is 0 Å². The summed E-state index contributed by atoms with van der Waals surface area (Å²) in [5.74, 6) is 0. The van der Waals surface area contributed by atoms with E-state index < -0.39 is 0 Å². The molecule has 1 atom stereocenters. The summed E-state index contributed by atoms with van der Waals surface area (Å²) in [5.41, 5.74) is 4.12. The van der Waals surface area contributed by atoms with Crippen LogP contribution in [0.3, 0.4) is 0 Å². The maximum Gasteiger partial charge on any atom is 0.0306 e. The first-order chi connectivity index (χ1) is 9.22. The van der Waals surface area contributed by atoms with E-state index in [-0.39, 0.29) is 0 Å². The van der Waals surface area contributed by atoms with Gasteiger partial charge in [0.15, 0.2) is 0 Å². The van der Waals surface area contributed by atoms with Gasteiger partial charge < -0.3 is 5.32 Å². The predicted octanol–water partition coefficient (Wildman–Crippen LogP) is 4.86. The van der Waals surface area contributed by atoms with Crippen LogP contribution in [0.5, 0.6) is 0 Å². The average molecular weight is 318 g/mol. The molecule has 0 spiro atoms. The fraction of sp³-hybridized carbons (Fsp3) is 0.294. The second kappa shape index (κ2) is 6.88. The number of rotatable bonds is 5. The Balaban J connectivity index is 2.04. The smallest absolute Gasteiger partial charge is 0.0306 e. The Hall–Kier alpha value is -1.12. The summed E-state index contributed by atoms with van der Waals surface area (Å²) < 4.78 is 1.17. The van der Waals surface area contributed by atoms with Crippen LogP contribution in [0.1, 0.15) is 36.6 Å². The first-order valence-corrected chi connectivity index (χ1v) is 7.56. The standard InChI is InChI=1S/C17H20BrN/c1-3-14-8-4-5-9-15(14)12-19-13(2)16-10-6-7-11-17(16)18/h4-11,13,19H,3,12H2,1-2H3/t13-/m0/s1. The summed E-state index contributed by atoms with van der Waals surface area (Å²) in [7, 11) is 0. The lowest BCUT2D eigenvalue weighted by atomic mass is 10.0. The zero-order valence-corrected chi connectivity index (χ0v) is 13.1. The van der Waals surface area contributed by atoms with Crippen molar-refractivity contribution in [1.29, 1.82) is 0 Å². The zero-order valence-electron chi connectivity index (χ0n) is 11.5. The topological polar surface area (TPSA) is 12.0 Å². The highest BCUT2D eigenvalue weighted by atomic mass is 79.9. The Morgan fingerprint density at radius 2 is 1.63 bits per heavy atom. The lowest BCUT2D eigenvalue weighted by molar-refractivity contribution is 0.571. The van der Waals surface area contributed by atoms with Gasteiger partial charge in [-0.25, -0.2) is 0 Å². The van der Waals surface area contributed by atoms with E-state index >= 15 is 0 Å². The SMILES string of the molecule is CCc1ccccc1CN[C@@H](C)c1ccccc1Br. The molecule has 100 valence electrons. The number of halogens is 1. The Morgan fingerprint density at radius 3 is 2.32 bits per heavy atom. The van der Waals surface area contributed by atoms with Crippen LogP contribution in [0.4, 0.5) is 0 Å². The van der Waals surface area contributed by atoms with Gasteiger partial charge in [0.1, 0.15) is 0 Å². The van der Waals surface area contributed by atoms with E-state index in [4.69, 9.17) is 0 Å². The highest BCUT2D eigenvalue weighted by Crippen LogP contribution is 2.23. The largest absolute Gasteiger partial charge is 0.306 e. The molecule has 1 N–H and O–H groups in total. The second-order valence-corrected chi connectivity index (χ2v) is 5.60. The first-order valence-electron chi connectivity index (χ1n) is 6.77. The summed E-state index contributed by atoms with van der Waals surface area (Å²) in [6.45, 7) is 5.32. The van der Waals surface area contributed by atoms with Crippen LogP contribution in [-0.2, 0) is 13.0 Å². The van der Waals surface area contributed by atoms with Crippen molar-refractivity contribution in [2.24, 2.45) is 0 Å². The molecule has 0 aromatic heterocycles. The van der Waals surface area contributed by atoms with E-state index in [0.717, 1.165) is 13.0 Å². The van der Waals surface area contributed by atoms with Gasteiger partial charge in [-0.3, -0.25) is 0 Å². The number of hydrogen-bond acceptors (Lipinski definition) is 1. The Morgan fingerprint density at radius 1 is 1.00 bits per heavy atom. The van der Waals surface area contributed by atoms with Crippen molar-refractivity contribution in [2.45, 2.75) is 32.9 Å². The third-order valence-electron chi connectivity index (χ3n) is 3.47. The number of nitrogens with one attached hydrogen (secondary N) is 1. The van der Waals surface area contributed by atoms with Crippen LogP contribution in [0.2, 0.25) is 0 Å². The van der Waals surface area contributed by atoms with Crippen molar-refractivity contribution in [3.8, 4) is 0 Å². The van der Waals surface area contributed by atoms with E-state index in [0.29, 0.717) is 6.04 Å². The third-order valence-corrected chi connectivity index (χ3v) is 4.19. The summed E-state index contributed by atoms with van der Waals surface area (Å²) in [5, 5.41) is 3.60. The van der Waals surface area contributed by atoms with Crippen LogP contribution in [-0.4, -0.2) is 0 Å². The van der Waals surface area contributed by atoms with E-state index in [1.54, 1.807) is 0 Å². The summed E-state index contributed by atoms with van der Waals surface area (Å²) >= 11 is 3.61. The van der Waals surface area contributed by atoms with E-state index in [1.165, 1.54) is 21.2 Å². The monoisotopic (exact) mass is 317 g/mol. The lowest BCUT2D eigenvalue weighted by Crippen LogP contribution is -2.19. The Labute approximate surface area is 124 Å². The Kier molecular flexibility index (Phi) is 5.17. The van der Waals surface area contributed by atoms with Gasteiger partial charge >= 0.3 is 0 Å². The molecule has 2 aromatic rings. The molecule has 0 amide bonds. The van der Waals surface area contributed by atoms with Crippen LogP contribution < -0.4 is 5.32 Å². The van der Waals surface area contributed by atoms with Gasteiger partial charge in [0, 0.05) is 17.1 Å². The maximum absolute atomic E-state index is 3.61. The molecule has 0 saturated carbocycles. The molecule has 0 aliphatic heterocycles. The summed E-state index contributed by atoms with van der Waals surface area (Å²) in [6.07, 6.45) is 1.08. The molecule has 0 unspecified atom stereocenters. The highest BCUT2D eigenvalue weighted by Gasteiger charge is 2.08. The Bertz CT molecular complexity index is 536. The number of aryl methyl sites for hydroxylation is 1. The molecule has 0 aliphatic rings. The van der Waals surface area contributed by atoms with E-state index in [1.807, 2.05) is 6.07 Å². The molecular formula is C17H20BrN. The van der Waals surface area contributed by atoms with Crippen LogP contribution >= 0.6 is 15.9 Å². The van der Waals surface area contributed by atoms with Crippen molar-refractivity contribution in [3.05, 3.63) is 69.7 Å². The van der Waals surface area contributed by atoms with Gasteiger partial charge in [0.25, 0.3) is 0 Å². The predicted molar refractivity (Wildman–Crippen MR) is 85.2 cm³/mol. The van der Waals surface area contributed by atoms with Gasteiger partial charge in [0.2, 0.25) is 0 Å². The lowest BCUT2D eigenvalue weighted by Gasteiger charge is -2.17.